The van der Waals surface area contributed by atoms with Gasteiger partial charge in [-0.05, 0) is 31.9 Å². The Morgan fingerprint density at radius 1 is 1.24 bits per heavy atom. The molecule has 2 rings (SSSR count). The van der Waals surface area contributed by atoms with Gasteiger partial charge in [0.05, 0.1) is 0 Å². The van der Waals surface area contributed by atoms with E-state index in [1.54, 1.807) is 6.92 Å². The van der Waals surface area contributed by atoms with Crippen LogP contribution in [0.25, 0.3) is 0 Å². The standard InChI is InChI=1S/C13H17F3N2O2S/c1-8-3-2-4-9(7-17)18(8)21(19,20)11-6-5-10(14)12(15)13(11)16/h5-6,8-9H,2-4,7,17H2,1H3. The lowest BCUT2D eigenvalue weighted by molar-refractivity contribution is 0.195. The summed E-state index contributed by atoms with van der Waals surface area (Å²) in [6, 6.07) is 0.520. The van der Waals surface area contributed by atoms with E-state index in [1.165, 1.54) is 0 Å². The number of hydrogen-bond donors (Lipinski definition) is 1. The van der Waals surface area contributed by atoms with Gasteiger partial charge in [-0.1, -0.05) is 6.42 Å². The minimum atomic E-state index is -4.27. The highest BCUT2D eigenvalue weighted by Crippen LogP contribution is 2.31. The molecule has 0 spiro atoms. The first-order valence-electron chi connectivity index (χ1n) is 6.67. The van der Waals surface area contributed by atoms with Gasteiger partial charge in [0.1, 0.15) is 4.90 Å². The van der Waals surface area contributed by atoms with E-state index in [0.717, 1.165) is 16.8 Å². The molecule has 21 heavy (non-hydrogen) atoms. The van der Waals surface area contributed by atoms with Crippen molar-refractivity contribution in [2.45, 2.75) is 43.2 Å². The van der Waals surface area contributed by atoms with Gasteiger partial charge in [-0.25, -0.2) is 21.6 Å². The first-order chi connectivity index (χ1) is 9.80. The first-order valence-corrected chi connectivity index (χ1v) is 8.11. The van der Waals surface area contributed by atoms with Crippen LogP contribution in [0.3, 0.4) is 0 Å². The number of nitrogens with zero attached hydrogens (tertiary/aromatic N) is 1. The molecule has 1 aromatic carbocycles. The molecular formula is C13H17F3N2O2S. The van der Waals surface area contributed by atoms with Gasteiger partial charge in [0.15, 0.2) is 17.5 Å². The van der Waals surface area contributed by atoms with E-state index < -0.39 is 38.4 Å². The average molecular weight is 322 g/mol. The molecule has 0 aromatic heterocycles. The molecule has 1 aromatic rings. The summed E-state index contributed by atoms with van der Waals surface area (Å²) in [4.78, 5) is -0.853. The summed E-state index contributed by atoms with van der Waals surface area (Å²) in [5, 5.41) is 0. The summed E-state index contributed by atoms with van der Waals surface area (Å²) < 4.78 is 66.4. The minimum absolute atomic E-state index is 0.0921. The van der Waals surface area contributed by atoms with Crippen molar-refractivity contribution in [1.29, 1.82) is 0 Å². The SMILES string of the molecule is CC1CCCC(CN)N1S(=O)(=O)c1ccc(F)c(F)c1F. The molecule has 0 amide bonds. The Morgan fingerprint density at radius 2 is 1.90 bits per heavy atom. The van der Waals surface area contributed by atoms with Gasteiger partial charge in [-0.15, -0.1) is 0 Å². The van der Waals surface area contributed by atoms with Crippen LogP contribution in [0.4, 0.5) is 13.2 Å². The predicted octanol–water partition coefficient (Wildman–Crippen LogP) is 1.99. The molecule has 0 saturated carbocycles. The Labute approximate surface area is 121 Å². The van der Waals surface area contributed by atoms with Crippen LogP contribution in [0.1, 0.15) is 26.2 Å². The number of piperidine rings is 1. The maximum Gasteiger partial charge on any atom is 0.246 e. The van der Waals surface area contributed by atoms with E-state index in [0.29, 0.717) is 18.9 Å². The molecule has 0 radical (unpaired) electrons. The van der Waals surface area contributed by atoms with Crippen molar-refractivity contribution >= 4 is 10.0 Å². The molecule has 2 N–H and O–H groups in total. The molecule has 1 aliphatic heterocycles. The summed E-state index contributed by atoms with van der Waals surface area (Å²) >= 11 is 0. The van der Waals surface area contributed by atoms with Gasteiger partial charge in [0.25, 0.3) is 0 Å². The molecule has 1 heterocycles. The topological polar surface area (TPSA) is 63.4 Å². The Balaban J connectivity index is 2.53. The van der Waals surface area contributed by atoms with Gasteiger partial charge in [0, 0.05) is 18.6 Å². The Bertz CT molecular complexity index is 637. The zero-order chi connectivity index (χ0) is 15.8. The first kappa shape index (κ1) is 16.3. The summed E-state index contributed by atoms with van der Waals surface area (Å²) in [5.41, 5.74) is 5.59. The van der Waals surface area contributed by atoms with Crippen LogP contribution in [-0.2, 0) is 10.0 Å². The minimum Gasteiger partial charge on any atom is -0.329 e. The Kier molecular flexibility index (Phi) is 4.60. The normalized spacial score (nSPS) is 24.2. The van der Waals surface area contributed by atoms with Crippen LogP contribution >= 0.6 is 0 Å². The fourth-order valence-electron chi connectivity index (χ4n) is 2.74. The van der Waals surface area contributed by atoms with Crippen molar-refractivity contribution in [2.75, 3.05) is 6.54 Å². The maximum absolute atomic E-state index is 13.8. The van der Waals surface area contributed by atoms with Crippen LogP contribution in [0.2, 0.25) is 0 Å². The molecule has 1 saturated heterocycles. The van der Waals surface area contributed by atoms with Gasteiger partial charge < -0.3 is 5.73 Å². The quantitative estimate of drug-likeness (QED) is 0.866. The predicted molar refractivity (Wildman–Crippen MR) is 71.5 cm³/mol. The number of benzene rings is 1. The lowest BCUT2D eigenvalue weighted by Gasteiger charge is -2.38. The summed E-state index contributed by atoms with van der Waals surface area (Å²) in [7, 11) is -4.27. The van der Waals surface area contributed by atoms with Gasteiger partial charge in [-0.3, -0.25) is 0 Å². The van der Waals surface area contributed by atoms with E-state index in [9.17, 15) is 21.6 Å². The number of sulfonamides is 1. The average Bonchev–Trinajstić information content (AvgIpc) is 2.43. The molecule has 4 nitrogen and oxygen atoms in total. The highest BCUT2D eigenvalue weighted by molar-refractivity contribution is 7.89. The summed E-state index contributed by atoms with van der Waals surface area (Å²) in [6.45, 7) is 1.78. The molecular weight excluding hydrogens is 305 g/mol. The van der Waals surface area contributed by atoms with E-state index >= 15 is 0 Å². The lowest BCUT2D eigenvalue weighted by Crippen LogP contribution is -2.51. The van der Waals surface area contributed by atoms with Gasteiger partial charge >= 0.3 is 0 Å². The van der Waals surface area contributed by atoms with E-state index in [1.807, 2.05) is 0 Å². The van der Waals surface area contributed by atoms with Gasteiger partial charge in [0.2, 0.25) is 10.0 Å². The van der Waals surface area contributed by atoms with Crippen molar-refractivity contribution in [1.82, 2.24) is 4.31 Å². The summed E-state index contributed by atoms with van der Waals surface area (Å²) in [6.07, 6.45) is 1.99. The monoisotopic (exact) mass is 322 g/mol. The molecule has 2 unspecified atom stereocenters. The molecule has 1 aliphatic rings. The molecule has 0 aliphatic carbocycles. The zero-order valence-electron chi connectivity index (χ0n) is 11.5. The van der Waals surface area contributed by atoms with Crippen LogP contribution < -0.4 is 5.73 Å². The lowest BCUT2D eigenvalue weighted by atomic mass is 10.00. The second kappa shape index (κ2) is 5.94. The second-order valence-electron chi connectivity index (χ2n) is 5.18. The largest absolute Gasteiger partial charge is 0.329 e. The molecule has 8 heteroatoms. The molecule has 0 bridgehead atoms. The van der Waals surface area contributed by atoms with E-state index in [2.05, 4.69) is 0 Å². The van der Waals surface area contributed by atoms with Crippen molar-refractivity contribution in [3.05, 3.63) is 29.6 Å². The Morgan fingerprint density at radius 3 is 2.52 bits per heavy atom. The highest BCUT2D eigenvalue weighted by Gasteiger charge is 2.39. The number of nitrogens with two attached hydrogens (primary N) is 1. The third kappa shape index (κ3) is 2.79. The number of halogens is 3. The fourth-order valence-corrected chi connectivity index (χ4v) is 4.69. The fraction of sp³-hybridized carbons (Fsp3) is 0.538. The molecule has 1 fully saturated rings. The molecule has 2 atom stereocenters. The maximum atomic E-state index is 13.8. The second-order valence-corrected chi connectivity index (χ2v) is 6.99. The number of hydrogen-bond acceptors (Lipinski definition) is 3. The third-order valence-electron chi connectivity index (χ3n) is 3.78. The van der Waals surface area contributed by atoms with E-state index in [-0.39, 0.29) is 12.6 Å². The van der Waals surface area contributed by atoms with Gasteiger partial charge in [-0.2, -0.15) is 4.31 Å². The number of rotatable bonds is 3. The van der Waals surface area contributed by atoms with Crippen molar-refractivity contribution < 1.29 is 21.6 Å². The summed E-state index contributed by atoms with van der Waals surface area (Å²) in [5.74, 6) is -4.90. The third-order valence-corrected chi connectivity index (χ3v) is 5.87. The van der Waals surface area contributed by atoms with Crippen LogP contribution in [0, 0.1) is 17.5 Å². The molecule has 118 valence electrons. The van der Waals surface area contributed by atoms with Crippen LogP contribution in [-0.4, -0.2) is 31.4 Å². The smallest absolute Gasteiger partial charge is 0.246 e. The highest BCUT2D eigenvalue weighted by atomic mass is 32.2. The zero-order valence-corrected chi connectivity index (χ0v) is 12.3. The van der Waals surface area contributed by atoms with Crippen molar-refractivity contribution in [3.8, 4) is 0 Å². The van der Waals surface area contributed by atoms with Crippen molar-refractivity contribution in [3.63, 3.8) is 0 Å². The van der Waals surface area contributed by atoms with E-state index in [4.69, 9.17) is 5.73 Å². The van der Waals surface area contributed by atoms with Crippen LogP contribution in [0.15, 0.2) is 17.0 Å². The van der Waals surface area contributed by atoms with Crippen molar-refractivity contribution in [2.24, 2.45) is 5.73 Å². The Hall–Kier alpha value is -1.12. The van der Waals surface area contributed by atoms with Crippen LogP contribution in [0.5, 0.6) is 0 Å².